The molecule has 0 spiro atoms. The van der Waals surface area contributed by atoms with Crippen LogP contribution in [0.1, 0.15) is 25.3 Å². The summed E-state index contributed by atoms with van der Waals surface area (Å²) in [7, 11) is 2.85. The molecule has 0 bridgehead atoms. The maximum absolute atomic E-state index is 12.4. The van der Waals surface area contributed by atoms with Crippen molar-refractivity contribution in [3.63, 3.8) is 0 Å². The molecule has 0 saturated heterocycles. The second kappa shape index (κ2) is 12.8. The molecule has 0 aromatic heterocycles. The van der Waals surface area contributed by atoms with Crippen molar-refractivity contribution in [3.05, 3.63) is 58.1 Å². The Labute approximate surface area is 196 Å². The van der Waals surface area contributed by atoms with E-state index in [2.05, 4.69) is 10.6 Å². The number of nitro benzene ring substituents is 1. The fourth-order valence-electron chi connectivity index (χ4n) is 3.07. The van der Waals surface area contributed by atoms with Crippen molar-refractivity contribution in [2.45, 2.75) is 32.2 Å². The highest BCUT2D eigenvalue weighted by atomic mass is 16.6. The Kier molecular flexibility index (Phi) is 9.81. The van der Waals surface area contributed by atoms with Gasteiger partial charge in [-0.1, -0.05) is 6.07 Å². The van der Waals surface area contributed by atoms with Gasteiger partial charge >= 0.3 is 11.7 Å². The molecule has 2 aromatic rings. The Balaban J connectivity index is 1.99. The van der Waals surface area contributed by atoms with Crippen LogP contribution in [0.4, 0.5) is 11.4 Å². The summed E-state index contributed by atoms with van der Waals surface area (Å²) in [5.74, 6) is -0.875. The summed E-state index contributed by atoms with van der Waals surface area (Å²) in [6, 6.07) is 9.90. The molecule has 11 nitrogen and oxygen atoms in total. The van der Waals surface area contributed by atoms with E-state index in [-0.39, 0.29) is 43.2 Å². The van der Waals surface area contributed by atoms with Crippen LogP contribution in [0.25, 0.3) is 0 Å². The lowest BCUT2D eigenvalue weighted by Crippen LogP contribution is -2.43. The molecule has 0 aliphatic carbocycles. The van der Waals surface area contributed by atoms with Crippen molar-refractivity contribution >= 4 is 29.2 Å². The molecule has 34 heavy (non-hydrogen) atoms. The van der Waals surface area contributed by atoms with E-state index in [0.29, 0.717) is 17.0 Å². The zero-order valence-corrected chi connectivity index (χ0v) is 19.2. The van der Waals surface area contributed by atoms with Crippen molar-refractivity contribution in [3.8, 4) is 11.5 Å². The number of amides is 2. The average Bonchev–Trinajstić information content (AvgIpc) is 2.82. The zero-order valence-electron chi connectivity index (χ0n) is 19.2. The Morgan fingerprint density at radius 3 is 2.26 bits per heavy atom. The van der Waals surface area contributed by atoms with Gasteiger partial charge < -0.3 is 24.8 Å². The third-order valence-corrected chi connectivity index (χ3v) is 4.74. The summed E-state index contributed by atoms with van der Waals surface area (Å²) in [4.78, 5) is 47.6. The van der Waals surface area contributed by atoms with Gasteiger partial charge in [-0.3, -0.25) is 19.7 Å². The molecule has 0 unspecified atom stereocenters. The van der Waals surface area contributed by atoms with Crippen molar-refractivity contribution in [1.82, 2.24) is 5.32 Å². The van der Waals surface area contributed by atoms with Gasteiger partial charge in [0.05, 0.1) is 25.7 Å². The normalized spacial score (nSPS) is 11.1. The lowest BCUT2D eigenvalue weighted by molar-refractivity contribution is -0.385. The molecule has 0 saturated carbocycles. The van der Waals surface area contributed by atoms with E-state index in [1.54, 1.807) is 37.3 Å². The summed E-state index contributed by atoms with van der Waals surface area (Å²) < 4.78 is 15.1. The highest BCUT2D eigenvalue weighted by Gasteiger charge is 2.24. The number of rotatable bonds is 12. The fraction of sp³-hybridized carbons (Fsp3) is 0.348. The van der Waals surface area contributed by atoms with Crippen LogP contribution >= 0.6 is 0 Å². The molecule has 182 valence electrons. The molecule has 11 heteroatoms. The quantitative estimate of drug-likeness (QED) is 0.272. The third kappa shape index (κ3) is 7.76. The summed E-state index contributed by atoms with van der Waals surface area (Å²) >= 11 is 0. The molecule has 0 fully saturated rings. The number of anilines is 1. The Bertz CT molecular complexity index is 1020. The lowest BCUT2D eigenvalue weighted by Gasteiger charge is -2.17. The number of carbonyl (C=O) groups excluding carboxylic acids is 3. The van der Waals surface area contributed by atoms with Crippen molar-refractivity contribution in [1.29, 1.82) is 0 Å². The van der Waals surface area contributed by atoms with Gasteiger partial charge in [0.2, 0.25) is 11.8 Å². The number of carbonyl (C=O) groups is 3. The zero-order chi connectivity index (χ0) is 25.1. The molecule has 0 radical (unpaired) electrons. The van der Waals surface area contributed by atoms with E-state index in [9.17, 15) is 24.5 Å². The number of nitrogens with zero attached hydrogens (tertiary/aromatic N) is 1. The van der Waals surface area contributed by atoms with E-state index in [1.165, 1.54) is 26.4 Å². The third-order valence-electron chi connectivity index (χ3n) is 4.74. The Hall–Kier alpha value is -4.15. The smallest absolute Gasteiger partial charge is 0.328 e. The lowest BCUT2D eigenvalue weighted by atomic mass is 10.0. The number of hydrogen-bond donors (Lipinski definition) is 2. The van der Waals surface area contributed by atoms with E-state index >= 15 is 0 Å². The largest absolute Gasteiger partial charge is 0.497 e. The van der Waals surface area contributed by atoms with Crippen LogP contribution in [-0.2, 0) is 25.5 Å². The number of benzene rings is 2. The molecule has 0 heterocycles. The first-order valence-corrected chi connectivity index (χ1v) is 10.5. The van der Waals surface area contributed by atoms with Gasteiger partial charge in [-0.15, -0.1) is 0 Å². The molecule has 2 aromatic carbocycles. The Morgan fingerprint density at radius 2 is 1.68 bits per heavy atom. The van der Waals surface area contributed by atoms with Gasteiger partial charge in [-0.2, -0.15) is 0 Å². The van der Waals surface area contributed by atoms with Crippen LogP contribution in [-0.4, -0.2) is 49.6 Å². The molecule has 2 amide bonds. The molecule has 2 rings (SSSR count). The molecule has 1 atom stereocenters. The van der Waals surface area contributed by atoms with Gasteiger partial charge in [0, 0.05) is 31.0 Å². The molecule has 2 N–H and O–H groups in total. The van der Waals surface area contributed by atoms with Gasteiger partial charge in [-0.05, 0) is 42.8 Å². The summed E-state index contributed by atoms with van der Waals surface area (Å²) in [6.45, 7) is 1.72. The summed E-state index contributed by atoms with van der Waals surface area (Å²) in [6.07, 6.45) is -0.310. The fourth-order valence-corrected chi connectivity index (χ4v) is 3.07. The number of hydrogen-bond acceptors (Lipinski definition) is 8. The standard InChI is InChI=1S/C23H27N3O8/c1-4-34-23(29)18(13-15-5-10-20(33-3)19(14-15)26(30)31)25-22(28)12-11-21(27)24-16-6-8-17(32-2)9-7-16/h5-10,14,18H,4,11-13H2,1-3H3,(H,24,27)(H,25,28)/t18-/m0/s1. The van der Waals surface area contributed by atoms with E-state index in [0.717, 1.165) is 0 Å². The number of esters is 1. The molecular weight excluding hydrogens is 446 g/mol. The van der Waals surface area contributed by atoms with Crippen LogP contribution in [0.5, 0.6) is 11.5 Å². The monoisotopic (exact) mass is 473 g/mol. The van der Waals surface area contributed by atoms with Gasteiger partial charge in [0.15, 0.2) is 5.75 Å². The van der Waals surface area contributed by atoms with Crippen LogP contribution in [0, 0.1) is 10.1 Å². The summed E-state index contributed by atoms with van der Waals surface area (Å²) in [5.41, 5.74) is 0.726. The first kappa shape index (κ1) is 26.1. The van der Waals surface area contributed by atoms with Crippen LogP contribution in [0.3, 0.4) is 0 Å². The topological polar surface area (TPSA) is 146 Å². The maximum atomic E-state index is 12.4. The van der Waals surface area contributed by atoms with Gasteiger partial charge in [0.25, 0.3) is 0 Å². The van der Waals surface area contributed by atoms with Crippen molar-refractivity contribution < 1.29 is 33.5 Å². The SMILES string of the molecule is CCOC(=O)[C@H](Cc1ccc(OC)c([N+](=O)[O-])c1)NC(=O)CCC(=O)Nc1ccc(OC)cc1. The molecular formula is C23H27N3O8. The van der Waals surface area contributed by atoms with E-state index in [1.807, 2.05) is 0 Å². The predicted octanol–water partition coefficient (Wildman–Crippen LogP) is 2.62. The first-order valence-electron chi connectivity index (χ1n) is 10.5. The minimum Gasteiger partial charge on any atom is -0.497 e. The second-order valence-electron chi connectivity index (χ2n) is 7.12. The Morgan fingerprint density at radius 1 is 1.00 bits per heavy atom. The van der Waals surface area contributed by atoms with Crippen molar-refractivity contribution in [2.24, 2.45) is 0 Å². The number of methoxy groups -OCH3 is 2. The second-order valence-corrected chi connectivity index (χ2v) is 7.12. The van der Waals surface area contributed by atoms with E-state index in [4.69, 9.17) is 14.2 Å². The number of nitro groups is 1. The van der Waals surface area contributed by atoms with Crippen LogP contribution in [0.15, 0.2) is 42.5 Å². The summed E-state index contributed by atoms with van der Waals surface area (Å²) in [5, 5.41) is 16.5. The first-order chi connectivity index (χ1) is 16.3. The highest BCUT2D eigenvalue weighted by Crippen LogP contribution is 2.28. The predicted molar refractivity (Wildman–Crippen MR) is 123 cm³/mol. The molecule has 0 aliphatic rings. The van der Waals surface area contributed by atoms with E-state index < -0.39 is 22.8 Å². The van der Waals surface area contributed by atoms with Crippen LogP contribution < -0.4 is 20.1 Å². The van der Waals surface area contributed by atoms with Gasteiger partial charge in [0.1, 0.15) is 11.8 Å². The van der Waals surface area contributed by atoms with Gasteiger partial charge in [-0.25, -0.2) is 4.79 Å². The highest BCUT2D eigenvalue weighted by molar-refractivity contribution is 5.94. The van der Waals surface area contributed by atoms with Crippen molar-refractivity contribution in [2.75, 3.05) is 26.1 Å². The van der Waals surface area contributed by atoms with Crippen LogP contribution in [0.2, 0.25) is 0 Å². The number of ether oxygens (including phenoxy) is 3. The minimum absolute atomic E-state index is 0.0343. The number of nitrogens with one attached hydrogen (secondary N) is 2. The molecule has 0 aliphatic heterocycles. The maximum Gasteiger partial charge on any atom is 0.328 e. The minimum atomic E-state index is -1.08. The average molecular weight is 473 g/mol.